The van der Waals surface area contributed by atoms with E-state index in [1.165, 1.54) is 0 Å². The van der Waals surface area contributed by atoms with Gasteiger partial charge in [0, 0.05) is 70.7 Å². The van der Waals surface area contributed by atoms with E-state index < -0.39 is 14.7 Å². The molecule has 32 heavy (non-hydrogen) atoms. The molecule has 1 atom stereocenters. The van der Waals surface area contributed by atoms with Gasteiger partial charge in [0.15, 0.2) is 0 Å². The second kappa shape index (κ2) is 10.2. The number of ether oxygens (including phenoxy) is 1. The normalized spacial score (nSPS) is 16.6. The van der Waals surface area contributed by atoms with Crippen LogP contribution < -0.4 is 5.32 Å². The molecule has 174 valence electrons. The zero-order chi connectivity index (χ0) is 22.6. The molecule has 8 nitrogen and oxygen atoms in total. The van der Waals surface area contributed by atoms with E-state index >= 15 is 0 Å². The first kappa shape index (κ1) is 23.0. The molecule has 1 fully saturated rings. The van der Waals surface area contributed by atoms with Crippen molar-refractivity contribution >= 4 is 19.1 Å². The molecular weight excluding hydrogens is 425 g/mol. The quantitative estimate of drug-likeness (QED) is 0.371. The first-order valence-electron chi connectivity index (χ1n) is 11.4. The predicted octanol–water partition coefficient (Wildman–Crippen LogP) is 3.02. The number of aromatic nitrogens is 5. The minimum absolute atomic E-state index is 0.302. The van der Waals surface area contributed by atoms with Gasteiger partial charge in [-0.15, -0.1) is 0 Å². The van der Waals surface area contributed by atoms with Gasteiger partial charge in [0.1, 0.15) is 25.4 Å². The van der Waals surface area contributed by atoms with E-state index in [9.17, 15) is 4.39 Å². The highest BCUT2D eigenvalue weighted by Crippen LogP contribution is 2.27. The lowest BCUT2D eigenvalue weighted by molar-refractivity contribution is 0.0899. The van der Waals surface area contributed by atoms with Crippen LogP contribution in [0.15, 0.2) is 31.0 Å². The third kappa shape index (κ3) is 5.61. The third-order valence-corrected chi connectivity index (χ3v) is 7.59. The summed E-state index contributed by atoms with van der Waals surface area (Å²) < 4.78 is 23.5. The van der Waals surface area contributed by atoms with Gasteiger partial charge >= 0.3 is 0 Å². The molecule has 1 aliphatic heterocycles. The van der Waals surface area contributed by atoms with Crippen LogP contribution >= 0.6 is 0 Å². The summed E-state index contributed by atoms with van der Waals surface area (Å²) in [5, 5.41) is 8.75. The van der Waals surface area contributed by atoms with E-state index in [-0.39, 0.29) is 6.04 Å². The number of halogens is 1. The molecule has 0 radical (unpaired) electrons. The summed E-state index contributed by atoms with van der Waals surface area (Å²) in [6, 6.07) is 2.84. The molecule has 0 aliphatic carbocycles. The number of nitrogens with one attached hydrogen (secondary N) is 1. The number of nitrogens with zero attached hydrogens (tertiary/aromatic N) is 6. The van der Waals surface area contributed by atoms with Gasteiger partial charge in [0.25, 0.3) is 0 Å². The van der Waals surface area contributed by atoms with Crippen molar-refractivity contribution < 1.29 is 9.13 Å². The molecule has 1 N–H and O–H groups in total. The summed E-state index contributed by atoms with van der Waals surface area (Å²) in [6.45, 7) is 12.2. The zero-order valence-electron chi connectivity index (χ0n) is 19.3. The summed E-state index contributed by atoms with van der Waals surface area (Å²) in [5.74, 6) is 0. The average Bonchev–Trinajstić information content (AvgIpc) is 3.43. The van der Waals surface area contributed by atoms with Crippen molar-refractivity contribution in [2.75, 3.05) is 46.0 Å². The summed E-state index contributed by atoms with van der Waals surface area (Å²) in [7, 11) is -1.11. The van der Waals surface area contributed by atoms with Gasteiger partial charge in [0.2, 0.25) is 0 Å². The molecule has 10 heteroatoms. The van der Waals surface area contributed by atoms with Crippen molar-refractivity contribution in [3.8, 4) is 11.3 Å². The lowest BCUT2D eigenvalue weighted by Gasteiger charge is -2.30. The molecule has 0 amide bonds. The number of alkyl halides is 1. The SMILES string of the molecule is C[Si](C)(C)CCOCn1ccc2c(-c3cnn(C(CF)CN4CCNCC4)c3)ncnc21. The Morgan fingerprint density at radius 3 is 2.78 bits per heavy atom. The molecular formula is C22H34FN7OSi. The average molecular weight is 460 g/mol. The highest BCUT2D eigenvalue weighted by Gasteiger charge is 2.20. The van der Waals surface area contributed by atoms with Gasteiger partial charge in [0.05, 0.1) is 17.9 Å². The summed E-state index contributed by atoms with van der Waals surface area (Å²) in [6.07, 6.45) is 7.22. The van der Waals surface area contributed by atoms with Crippen LogP contribution in [0.1, 0.15) is 6.04 Å². The van der Waals surface area contributed by atoms with Gasteiger partial charge in [-0.3, -0.25) is 9.58 Å². The Morgan fingerprint density at radius 1 is 1.22 bits per heavy atom. The van der Waals surface area contributed by atoms with Crippen LogP contribution in [0.5, 0.6) is 0 Å². The highest BCUT2D eigenvalue weighted by molar-refractivity contribution is 6.76. The Morgan fingerprint density at radius 2 is 2.03 bits per heavy atom. The molecule has 0 bridgehead atoms. The van der Waals surface area contributed by atoms with E-state index in [1.54, 1.807) is 17.2 Å². The fourth-order valence-corrected chi connectivity index (χ4v) is 4.69. The minimum atomic E-state index is -1.11. The molecule has 1 saturated heterocycles. The molecule has 3 aromatic rings. The van der Waals surface area contributed by atoms with Crippen molar-refractivity contribution in [2.24, 2.45) is 0 Å². The van der Waals surface area contributed by atoms with Crippen molar-refractivity contribution in [1.82, 2.24) is 34.5 Å². The Labute approximate surface area is 189 Å². The largest absolute Gasteiger partial charge is 0.361 e. The van der Waals surface area contributed by atoms with Crippen LogP contribution in [0.3, 0.4) is 0 Å². The maximum atomic E-state index is 13.8. The van der Waals surface area contributed by atoms with Gasteiger partial charge in [-0.1, -0.05) is 19.6 Å². The number of rotatable bonds is 10. The lowest BCUT2D eigenvalue weighted by Crippen LogP contribution is -2.45. The standard InChI is InChI=1S/C22H34FN7OSi/c1-32(2,3)11-10-31-17-29-7-4-20-21(25-16-26-22(20)29)18-13-27-30(14-18)19(12-23)15-28-8-5-24-6-9-28/h4,7,13-14,16,19,24H,5-6,8-12,15,17H2,1-3H3. The van der Waals surface area contributed by atoms with Gasteiger partial charge in [-0.25, -0.2) is 14.4 Å². The minimum Gasteiger partial charge on any atom is -0.361 e. The molecule has 4 heterocycles. The number of piperazine rings is 1. The van der Waals surface area contributed by atoms with Gasteiger partial charge in [-0.2, -0.15) is 5.10 Å². The number of hydrogen-bond acceptors (Lipinski definition) is 6. The Balaban J connectivity index is 1.48. The molecule has 0 saturated carbocycles. The number of fused-ring (bicyclic) bond motifs is 1. The van der Waals surface area contributed by atoms with E-state index in [0.717, 1.165) is 61.1 Å². The second-order valence-electron chi connectivity index (χ2n) is 9.66. The van der Waals surface area contributed by atoms with Crippen molar-refractivity contribution in [3.05, 3.63) is 31.0 Å². The Hall–Kier alpha value is -2.14. The van der Waals surface area contributed by atoms with Gasteiger partial charge in [-0.05, 0) is 12.1 Å². The van der Waals surface area contributed by atoms with Crippen LogP contribution in [-0.4, -0.2) is 83.3 Å². The first-order valence-corrected chi connectivity index (χ1v) is 15.1. The summed E-state index contributed by atoms with van der Waals surface area (Å²) >= 11 is 0. The van der Waals surface area contributed by atoms with Crippen LogP contribution in [0.4, 0.5) is 4.39 Å². The van der Waals surface area contributed by atoms with Gasteiger partial charge < -0.3 is 14.6 Å². The Kier molecular flexibility index (Phi) is 7.34. The molecule has 3 aromatic heterocycles. The fraction of sp³-hybridized carbons (Fsp3) is 0.591. The Bertz CT molecular complexity index is 1010. The summed E-state index contributed by atoms with van der Waals surface area (Å²) in [4.78, 5) is 11.3. The maximum Gasteiger partial charge on any atom is 0.145 e. The van der Waals surface area contributed by atoms with E-state index in [1.807, 2.05) is 23.0 Å². The smallest absolute Gasteiger partial charge is 0.145 e. The molecule has 0 aromatic carbocycles. The van der Waals surface area contributed by atoms with Crippen LogP contribution in [0, 0.1) is 0 Å². The first-order chi connectivity index (χ1) is 15.4. The summed E-state index contributed by atoms with van der Waals surface area (Å²) in [5.41, 5.74) is 2.51. The number of hydrogen-bond donors (Lipinski definition) is 1. The predicted molar refractivity (Wildman–Crippen MR) is 127 cm³/mol. The molecule has 1 aliphatic rings. The molecule has 1 unspecified atom stereocenters. The van der Waals surface area contributed by atoms with Crippen LogP contribution in [0.2, 0.25) is 25.7 Å². The van der Waals surface area contributed by atoms with Crippen molar-refractivity contribution in [3.63, 3.8) is 0 Å². The van der Waals surface area contributed by atoms with Crippen LogP contribution in [0.25, 0.3) is 22.3 Å². The zero-order valence-corrected chi connectivity index (χ0v) is 20.3. The van der Waals surface area contributed by atoms with Crippen molar-refractivity contribution in [1.29, 1.82) is 0 Å². The molecule has 4 rings (SSSR count). The highest BCUT2D eigenvalue weighted by atomic mass is 28.3. The van der Waals surface area contributed by atoms with E-state index in [4.69, 9.17) is 4.74 Å². The second-order valence-corrected chi connectivity index (χ2v) is 15.3. The fourth-order valence-electron chi connectivity index (χ4n) is 3.93. The van der Waals surface area contributed by atoms with E-state index in [0.29, 0.717) is 13.3 Å². The topological polar surface area (TPSA) is 73.0 Å². The van der Waals surface area contributed by atoms with Crippen molar-refractivity contribution in [2.45, 2.75) is 38.5 Å². The molecule has 0 spiro atoms. The third-order valence-electron chi connectivity index (χ3n) is 5.89. The maximum absolute atomic E-state index is 13.8. The lowest BCUT2D eigenvalue weighted by atomic mass is 10.2. The van der Waals surface area contributed by atoms with E-state index in [2.05, 4.69) is 44.9 Å². The van der Waals surface area contributed by atoms with Crippen LogP contribution in [-0.2, 0) is 11.5 Å². The monoisotopic (exact) mass is 459 g/mol.